The molecule has 0 rings (SSSR count). The zero-order chi connectivity index (χ0) is 18.8. The number of ether oxygens (including phenoxy) is 4. The molecule has 8 heteroatoms. The Morgan fingerprint density at radius 2 is 1.50 bits per heavy atom. The molecule has 24 heavy (non-hydrogen) atoms. The summed E-state index contributed by atoms with van der Waals surface area (Å²) < 4.78 is 18.8. The average Bonchev–Trinajstić information content (AvgIpc) is 2.51. The van der Waals surface area contributed by atoms with Crippen molar-refractivity contribution < 1.29 is 38.1 Å². The largest absolute Gasteiger partial charge is 0.468 e. The summed E-state index contributed by atoms with van der Waals surface area (Å²) in [4.78, 5) is 46.0. The second-order valence-electron chi connectivity index (χ2n) is 4.67. The summed E-state index contributed by atoms with van der Waals surface area (Å²) in [5.74, 6) is -0.857. The normalized spacial score (nSPS) is 10.8. The molecule has 0 atom stereocenters. The van der Waals surface area contributed by atoms with E-state index in [1.165, 1.54) is 12.2 Å². The SMILES string of the molecule is C#CCC(C/C=C/C(OC(C)=O)OC(C)=O)(C(=O)OC)C(=O)OC. The van der Waals surface area contributed by atoms with Crippen LogP contribution in [0.3, 0.4) is 0 Å². The molecule has 0 aliphatic carbocycles. The molecule has 0 aromatic rings. The van der Waals surface area contributed by atoms with Gasteiger partial charge in [0.2, 0.25) is 0 Å². The van der Waals surface area contributed by atoms with E-state index in [4.69, 9.17) is 15.9 Å². The van der Waals surface area contributed by atoms with Gasteiger partial charge < -0.3 is 18.9 Å². The van der Waals surface area contributed by atoms with Gasteiger partial charge in [-0.05, 0) is 12.5 Å². The molecule has 0 bridgehead atoms. The molecular weight excluding hydrogens is 320 g/mol. The van der Waals surface area contributed by atoms with Gasteiger partial charge in [0.25, 0.3) is 6.29 Å². The Morgan fingerprint density at radius 1 is 1.04 bits per heavy atom. The van der Waals surface area contributed by atoms with Crippen molar-refractivity contribution in [2.75, 3.05) is 14.2 Å². The Bertz CT molecular complexity index is 523. The molecule has 132 valence electrons. The number of allylic oxidation sites excluding steroid dienone is 1. The van der Waals surface area contributed by atoms with Crippen LogP contribution >= 0.6 is 0 Å². The molecule has 0 amide bonds. The van der Waals surface area contributed by atoms with Crippen molar-refractivity contribution in [3.05, 3.63) is 12.2 Å². The lowest BCUT2D eigenvalue weighted by molar-refractivity contribution is -0.177. The molecule has 0 spiro atoms. The van der Waals surface area contributed by atoms with Crippen LogP contribution in [-0.2, 0) is 38.1 Å². The summed E-state index contributed by atoms with van der Waals surface area (Å²) in [5.41, 5.74) is -1.74. The molecule has 0 saturated carbocycles. The Labute approximate surface area is 140 Å². The monoisotopic (exact) mass is 340 g/mol. The van der Waals surface area contributed by atoms with Crippen molar-refractivity contribution in [1.29, 1.82) is 0 Å². The van der Waals surface area contributed by atoms with E-state index in [1.807, 2.05) is 0 Å². The first-order valence-electron chi connectivity index (χ1n) is 6.85. The first kappa shape index (κ1) is 21.2. The molecular formula is C16H20O8. The van der Waals surface area contributed by atoms with Gasteiger partial charge in [-0.3, -0.25) is 19.2 Å². The fraction of sp³-hybridized carbons (Fsp3) is 0.500. The van der Waals surface area contributed by atoms with E-state index in [0.717, 1.165) is 28.1 Å². The Morgan fingerprint density at radius 3 is 1.83 bits per heavy atom. The number of methoxy groups -OCH3 is 2. The molecule has 0 unspecified atom stereocenters. The van der Waals surface area contributed by atoms with E-state index in [0.29, 0.717) is 0 Å². The molecule has 0 aliphatic heterocycles. The molecule has 0 radical (unpaired) electrons. The second-order valence-corrected chi connectivity index (χ2v) is 4.67. The number of hydrogen-bond acceptors (Lipinski definition) is 8. The van der Waals surface area contributed by atoms with Crippen molar-refractivity contribution in [3.63, 3.8) is 0 Å². The lowest BCUT2D eigenvalue weighted by atomic mass is 9.81. The molecule has 0 aromatic carbocycles. The van der Waals surface area contributed by atoms with Crippen LogP contribution in [0.1, 0.15) is 26.7 Å². The topological polar surface area (TPSA) is 105 Å². The molecule has 0 aromatic heterocycles. The highest BCUT2D eigenvalue weighted by molar-refractivity contribution is 6.00. The van der Waals surface area contributed by atoms with Gasteiger partial charge in [-0.2, -0.15) is 0 Å². The minimum absolute atomic E-state index is 0.199. The quantitative estimate of drug-likeness (QED) is 0.159. The fourth-order valence-corrected chi connectivity index (χ4v) is 1.84. The first-order chi connectivity index (χ1) is 11.2. The number of esters is 4. The fourth-order valence-electron chi connectivity index (χ4n) is 1.84. The summed E-state index contributed by atoms with van der Waals surface area (Å²) in [6.45, 7) is 2.27. The molecule has 0 aliphatic rings. The van der Waals surface area contributed by atoms with E-state index in [-0.39, 0.29) is 12.8 Å². The lowest BCUT2D eigenvalue weighted by Crippen LogP contribution is -2.40. The minimum atomic E-state index is -1.74. The Hall–Kier alpha value is -2.82. The van der Waals surface area contributed by atoms with Crippen LogP contribution in [0.4, 0.5) is 0 Å². The van der Waals surface area contributed by atoms with Gasteiger partial charge in [-0.25, -0.2) is 0 Å². The number of carbonyl (C=O) groups excluding carboxylic acids is 4. The molecule has 0 heterocycles. The Kier molecular flexibility index (Phi) is 8.87. The third kappa shape index (κ3) is 6.12. The van der Waals surface area contributed by atoms with Crippen molar-refractivity contribution in [1.82, 2.24) is 0 Å². The maximum atomic E-state index is 12.0. The zero-order valence-electron chi connectivity index (χ0n) is 14.0. The Balaban J connectivity index is 5.43. The van der Waals surface area contributed by atoms with E-state index in [1.54, 1.807) is 0 Å². The predicted molar refractivity (Wildman–Crippen MR) is 81.0 cm³/mol. The van der Waals surface area contributed by atoms with Crippen molar-refractivity contribution in [3.8, 4) is 12.3 Å². The summed E-state index contributed by atoms with van der Waals surface area (Å²) in [6.07, 6.45) is 6.01. The number of hydrogen-bond donors (Lipinski definition) is 0. The maximum Gasteiger partial charge on any atom is 0.324 e. The third-order valence-electron chi connectivity index (χ3n) is 2.88. The van der Waals surface area contributed by atoms with Crippen molar-refractivity contribution >= 4 is 23.9 Å². The van der Waals surface area contributed by atoms with E-state index >= 15 is 0 Å². The number of terminal acetylenes is 1. The minimum Gasteiger partial charge on any atom is -0.468 e. The number of rotatable bonds is 8. The van der Waals surface area contributed by atoms with Gasteiger partial charge in [-0.1, -0.05) is 6.08 Å². The highest BCUT2D eigenvalue weighted by Crippen LogP contribution is 2.30. The van der Waals surface area contributed by atoms with Crippen molar-refractivity contribution in [2.45, 2.75) is 33.0 Å². The third-order valence-corrected chi connectivity index (χ3v) is 2.88. The summed E-state index contributed by atoms with van der Waals surface area (Å²) in [7, 11) is 2.22. The van der Waals surface area contributed by atoms with Crippen LogP contribution in [0.2, 0.25) is 0 Å². The second kappa shape index (κ2) is 10.0. The van der Waals surface area contributed by atoms with Crippen LogP contribution in [0.15, 0.2) is 12.2 Å². The van der Waals surface area contributed by atoms with Crippen LogP contribution in [0, 0.1) is 17.8 Å². The smallest absolute Gasteiger partial charge is 0.324 e. The van der Waals surface area contributed by atoms with Crippen molar-refractivity contribution in [2.24, 2.45) is 5.41 Å². The number of carbonyl (C=O) groups is 4. The predicted octanol–water partition coefficient (Wildman–Crippen LogP) is 0.741. The highest BCUT2D eigenvalue weighted by Gasteiger charge is 2.47. The molecule has 0 saturated heterocycles. The van der Waals surface area contributed by atoms with E-state index < -0.39 is 35.6 Å². The summed E-state index contributed by atoms with van der Waals surface area (Å²) >= 11 is 0. The van der Waals surface area contributed by atoms with E-state index in [2.05, 4.69) is 15.4 Å². The maximum absolute atomic E-state index is 12.0. The van der Waals surface area contributed by atoms with Crippen LogP contribution in [-0.4, -0.2) is 44.4 Å². The lowest BCUT2D eigenvalue weighted by Gasteiger charge is -2.25. The zero-order valence-corrected chi connectivity index (χ0v) is 14.0. The molecule has 8 nitrogen and oxygen atoms in total. The van der Waals surface area contributed by atoms with Gasteiger partial charge in [-0.15, -0.1) is 12.3 Å². The molecule has 0 N–H and O–H groups in total. The molecule has 0 fully saturated rings. The summed E-state index contributed by atoms with van der Waals surface area (Å²) in [6, 6.07) is 0. The van der Waals surface area contributed by atoms with Gasteiger partial charge in [0.1, 0.15) is 0 Å². The van der Waals surface area contributed by atoms with Crippen LogP contribution in [0.5, 0.6) is 0 Å². The van der Waals surface area contributed by atoms with E-state index in [9.17, 15) is 19.2 Å². The van der Waals surface area contributed by atoms with Gasteiger partial charge in [0, 0.05) is 20.3 Å². The average molecular weight is 340 g/mol. The van der Waals surface area contributed by atoms with Gasteiger partial charge in [0.05, 0.1) is 14.2 Å². The van der Waals surface area contributed by atoms with Gasteiger partial charge >= 0.3 is 23.9 Å². The van der Waals surface area contributed by atoms with Gasteiger partial charge in [0.15, 0.2) is 5.41 Å². The van der Waals surface area contributed by atoms with Crippen LogP contribution in [0.25, 0.3) is 0 Å². The summed E-state index contributed by atoms with van der Waals surface area (Å²) in [5, 5.41) is 0. The highest BCUT2D eigenvalue weighted by atomic mass is 16.7. The standard InChI is InChI=1S/C16H20O8/c1-6-9-16(14(19)21-4,15(20)22-5)10-7-8-13(23-11(2)17)24-12(3)18/h1,7-8,13H,9-10H2,2-5H3/b8-7+. The first-order valence-corrected chi connectivity index (χ1v) is 6.85. The van der Waals surface area contributed by atoms with Crippen LogP contribution < -0.4 is 0 Å².